The summed E-state index contributed by atoms with van der Waals surface area (Å²) in [5.74, 6) is 0. The van der Waals surface area contributed by atoms with Gasteiger partial charge < -0.3 is 9.80 Å². The highest BCUT2D eigenvalue weighted by atomic mass is 15.1. The Kier molecular flexibility index (Phi) is 8.04. The van der Waals surface area contributed by atoms with Crippen LogP contribution in [0, 0.1) is 0 Å². The lowest BCUT2D eigenvalue weighted by Crippen LogP contribution is -2.34. The van der Waals surface area contributed by atoms with Crippen LogP contribution in [0.2, 0.25) is 0 Å². The van der Waals surface area contributed by atoms with Gasteiger partial charge >= 0.3 is 0 Å². The molecule has 2 heteroatoms. The van der Waals surface area contributed by atoms with Gasteiger partial charge in [-0.15, -0.1) is 0 Å². The van der Waals surface area contributed by atoms with E-state index in [1.54, 1.807) is 0 Å². The number of benzene rings is 7. The van der Waals surface area contributed by atoms with Gasteiger partial charge in [0, 0.05) is 33.8 Å². The summed E-state index contributed by atoms with van der Waals surface area (Å²) >= 11 is 0. The first-order chi connectivity index (χ1) is 24.3. The van der Waals surface area contributed by atoms with Gasteiger partial charge in [-0.2, -0.15) is 0 Å². The first kappa shape index (κ1) is 31.7. The lowest BCUT2D eigenvalue weighted by molar-refractivity contribution is 0.332. The highest BCUT2D eigenvalue weighted by Gasteiger charge is 2.37. The van der Waals surface area contributed by atoms with Gasteiger partial charge in [0.05, 0.1) is 5.69 Å². The van der Waals surface area contributed by atoms with Crippen LogP contribution in [0.5, 0.6) is 0 Å². The summed E-state index contributed by atoms with van der Waals surface area (Å²) in [5, 5.41) is 2.45. The topological polar surface area (TPSA) is 6.48 Å². The predicted octanol–water partition coefficient (Wildman–Crippen LogP) is 13.8. The van der Waals surface area contributed by atoms with E-state index < -0.39 is 0 Å². The quantitative estimate of drug-likeness (QED) is 0.170. The molecule has 0 radical (unpaired) electrons. The molecule has 50 heavy (non-hydrogen) atoms. The van der Waals surface area contributed by atoms with Crippen molar-refractivity contribution in [2.75, 3.05) is 9.80 Å². The first-order valence-corrected chi connectivity index (χ1v) is 17.8. The molecular weight excluding hydrogens is 605 g/mol. The number of hydrogen-bond acceptors (Lipinski definition) is 2. The van der Waals surface area contributed by atoms with Gasteiger partial charge in [0.1, 0.15) is 0 Å². The van der Waals surface area contributed by atoms with Gasteiger partial charge in [-0.1, -0.05) is 131 Å². The Morgan fingerprint density at radius 2 is 0.860 bits per heavy atom. The number of para-hydroxylation sites is 2. The number of rotatable bonds is 7. The van der Waals surface area contributed by atoms with Gasteiger partial charge in [-0.25, -0.2) is 0 Å². The van der Waals surface area contributed by atoms with Crippen LogP contribution in [0.25, 0.3) is 21.9 Å². The van der Waals surface area contributed by atoms with Gasteiger partial charge in [-0.05, 0) is 118 Å². The molecule has 0 N–H and O–H groups in total. The monoisotopic (exact) mass is 648 g/mol. The molecule has 0 amide bonds. The molecule has 7 aromatic carbocycles. The summed E-state index contributed by atoms with van der Waals surface area (Å²) in [5.41, 5.74) is 12.5. The van der Waals surface area contributed by atoms with E-state index in [0.717, 1.165) is 28.4 Å². The van der Waals surface area contributed by atoms with E-state index >= 15 is 0 Å². The highest BCUT2D eigenvalue weighted by Crippen LogP contribution is 2.48. The van der Waals surface area contributed by atoms with Crippen molar-refractivity contribution in [3.8, 4) is 11.1 Å². The Balaban J connectivity index is 1.24. The van der Waals surface area contributed by atoms with Crippen LogP contribution in [0.4, 0.5) is 34.1 Å². The van der Waals surface area contributed by atoms with Crippen LogP contribution >= 0.6 is 0 Å². The van der Waals surface area contributed by atoms with E-state index in [1.807, 2.05) is 0 Å². The van der Waals surface area contributed by atoms with E-state index in [4.69, 9.17) is 0 Å². The summed E-state index contributed by atoms with van der Waals surface area (Å²) in [6, 6.07) is 61.8. The Morgan fingerprint density at radius 3 is 1.52 bits per heavy atom. The Bertz CT molecular complexity index is 2280. The van der Waals surface area contributed by atoms with Crippen LogP contribution in [-0.4, -0.2) is 0 Å². The number of hydrogen-bond donors (Lipinski definition) is 0. The minimum absolute atomic E-state index is 0.125. The van der Waals surface area contributed by atoms with Gasteiger partial charge in [0.15, 0.2) is 0 Å². The minimum atomic E-state index is 0.125. The highest BCUT2D eigenvalue weighted by molar-refractivity contribution is 5.99. The number of nitrogens with zero attached hydrogens (tertiary/aromatic N) is 2. The molecule has 8 rings (SSSR count). The summed E-state index contributed by atoms with van der Waals surface area (Å²) < 4.78 is 0. The average Bonchev–Trinajstić information content (AvgIpc) is 3.15. The molecule has 0 aliphatic heterocycles. The van der Waals surface area contributed by atoms with Crippen molar-refractivity contribution in [1.29, 1.82) is 0 Å². The zero-order valence-corrected chi connectivity index (χ0v) is 29.5. The maximum atomic E-state index is 2.46. The number of anilines is 6. The molecule has 0 fully saturated rings. The largest absolute Gasteiger partial charge is 0.310 e. The van der Waals surface area contributed by atoms with E-state index in [9.17, 15) is 0 Å². The summed E-state index contributed by atoms with van der Waals surface area (Å²) in [4.78, 5) is 4.79. The molecule has 0 heterocycles. The van der Waals surface area contributed by atoms with Crippen LogP contribution in [0.3, 0.4) is 0 Å². The molecule has 0 saturated heterocycles. The van der Waals surface area contributed by atoms with Crippen molar-refractivity contribution in [3.63, 3.8) is 0 Å². The van der Waals surface area contributed by atoms with Crippen LogP contribution in [0.1, 0.15) is 51.7 Å². The van der Waals surface area contributed by atoms with Crippen molar-refractivity contribution in [2.24, 2.45) is 0 Å². The third kappa shape index (κ3) is 5.86. The van der Waals surface area contributed by atoms with E-state index in [0.29, 0.717) is 0 Å². The fourth-order valence-corrected chi connectivity index (χ4v) is 7.80. The van der Waals surface area contributed by atoms with Crippen LogP contribution < -0.4 is 9.80 Å². The van der Waals surface area contributed by atoms with Crippen LogP contribution in [-0.2, 0) is 10.8 Å². The van der Waals surface area contributed by atoms with Gasteiger partial charge in [0.25, 0.3) is 0 Å². The Hall–Kier alpha value is -5.60. The Morgan fingerprint density at radius 1 is 0.380 bits per heavy atom. The molecule has 0 unspecified atom stereocenters. The van der Waals surface area contributed by atoms with Crippen molar-refractivity contribution in [1.82, 2.24) is 0 Å². The predicted molar refractivity (Wildman–Crippen MR) is 214 cm³/mol. The van der Waals surface area contributed by atoms with E-state index in [-0.39, 0.29) is 10.8 Å². The maximum Gasteiger partial charge on any atom is 0.0540 e. The SMILES string of the molecule is CC1(C)CCC(C)(C)c2cc(N(c3ccccc3)c3cccc(-c4cccc(N(c5ccccc5)c5cccc6ccccc56)c4)c3)ccc21. The number of fused-ring (bicyclic) bond motifs is 2. The van der Waals surface area contributed by atoms with Crippen LogP contribution in [0.15, 0.2) is 170 Å². The van der Waals surface area contributed by atoms with Gasteiger partial charge in [0.2, 0.25) is 0 Å². The lowest BCUT2D eigenvalue weighted by Gasteiger charge is -2.42. The zero-order chi connectivity index (χ0) is 34.3. The molecule has 0 atom stereocenters. The summed E-state index contributed by atoms with van der Waals surface area (Å²) in [6.07, 6.45) is 2.39. The third-order valence-corrected chi connectivity index (χ3v) is 10.7. The molecule has 7 aromatic rings. The van der Waals surface area contributed by atoms with Crippen molar-refractivity contribution >= 4 is 44.9 Å². The molecular formula is C48H44N2. The molecule has 2 nitrogen and oxygen atoms in total. The van der Waals surface area contributed by atoms with E-state index in [2.05, 4.69) is 207 Å². The molecule has 1 aliphatic rings. The second-order valence-electron chi connectivity index (χ2n) is 14.9. The summed E-state index contributed by atoms with van der Waals surface area (Å²) in [7, 11) is 0. The normalized spacial score (nSPS) is 14.6. The Labute approximate surface area is 297 Å². The zero-order valence-electron chi connectivity index (χ0n) is 29.5. The fraction of sp³-hybridized carbons (Fsp3) is 0.167. The smallest absolute Gasteiger partial charge is 0.0540 e. The minimum Gasteiger partial charge on any atom is -0.310 e. The molecule has 0 saturated carbocycles. The molecule has 0 bridgehead atoms. The summed E-state index contributed by atoms with van der Waals surface area (Å²) in [6.45, 7) is 9.60. The molecule has 0 aromatic heterocycles. The fourth-order valence-electron chi connectivity index (χ4n) is 7.80. The average molecular weight is 649 g/mol. The second-order valence-corrected chi connectivity index (χ2v) is 14.9. The third-order valence-electron chi connectivity index (χ3n) is 10.7. The molecule has 0 spiro atoms. The second kappa shape index (κ2) is 12.7. The maximum absolute atomic E-state index is 2.46. The van der Waals surface area contributed by atoms with Crippen molar-refractivity contribution < 1.29 is 0 Å². The van der Waals surface area contributed by atoms with Crippen molar-refractivity contribution in [3.05, 3.63) is 181 Å². The lowest BCUT2D eigenvalue weighted by atomic mass is 9.63. The van der Waals surface area contributed by atoms with Gasteiger partial charge in [-0.3, -0.25) is 0 Å². The molecule has 246 valence electrons. The van der Waals surface area contributed by atoms with Crippen molar-refractivity contribution in [2.45, 2.75) is 51.4 Å². The molecule has 1 aliphatic carbocycles. The standard InChI is InChI=1S/C48H44N2/c1-47(2)30-31-48(3,4)45-34-42(28-29-44(45)47)49(38-20-7-5-8-21-38)40-24-13-18-36(32-40)37-19-14-25-41(33-37)50(39-22-9-6-10-23-39)46-27-15-17-35-16-11-12-26-43(35)46/h5-29,32-34H,30-31H2,1-4H3. The van der Waals surface area contributed by atoms with E-state index in [1.165, 1.54) is 51.6 Å². The first-order valence-electron chi connectivity index (χ1n) is 17.8.